The largest absolute Gasteiger partial charge is 0.494 e. The Labute approximate surface area is 116 Å². The van der Waals surface area contributed by atoms with Crippen molar-refractivity contribution in [2.24, 2.45) is 0 Å². The van der Waals surface area contributed by atoms with Gasteiger partial charge in [-0.15, -0.1) is 0 Å². The van der Waals surface area contributed by atoms with Crippen molar-refractivity contribution >= 4 is 11.6 Å². The lowest BCUT2D eigenvalue weighted by molar-refractivity contribution is 0.215. The van der Waals surface area contributed by atoms with E-state index in [4.69, 9.17) is 16.3 Å². The summed E-state index contributed by atoms with van der Waals surface area (Å²) in [5, 5.41) is 10.2. The van der Waals surface area contributed by atoms with Gasteiger partial charge in [0.05, 0.1) is 11.6 Å². The quantitative estimate of drug-likeness (QED) is 0.918. The Kier molecular flexibility index (Phi) is 4.40. The normalized spacial score (nSPS) is 12.2. The fourth-order valence-corrected chi connectivity index (χ4v) is 2.01. The summed E-state index contributed by atoms with van der Waals surface area (Å²) < 4.78 is 19.1. The second-order valence-corrected chi connectivity index (χ2v) is 4.45. The number of hydrogen-bond donors (Lipinski definition) is 1. The zero-order valence-electron chi connectivity index (χ0n) is 10.4. The molecule has 0 amide bonds. The molecule has 1 N–H and O–H groups in total. The van der Waals surface area contributed by atoms with E-state index in [1.165, 1.54) is 12.1 Å². The van der Waals surface area contributed by atoms with E-state index < -0.39 is 11.9 Å². The molecule has 0 fully saturated rings. The van der Waals surface area contributed by atoms with Crippen LogP contribution in [0.5, 0.6) is 5.75 Å². The Morgan fingerprint density at radius 2 is 1.89 bits per heavy atom. The van der Waals surface area contributed by atoms with E-state index in [0.29, 0.717) is 17.9 Å². The van der Waals surface area contributed by atoms with Crippen LogP contribution in [-0.2, 0) is 0 Å². The van der Waals surface area contributed by atoms with Crippen LogP contribution in [0.3, 0.4) is 0 Å². The Morgan fingerprint density at radius 3 is 2.53 bits per heavy atom. The van der Waals surface area contributed by atoms with Gasteiger partial charge in [0.2, 0.25) is 0 Å². The van der Waals surface area contributed by atoms with Crippen molar-refractivity contribution in [2.45, 2.75) is 13.0 Å². The van der Waals surface area contributed by atoms with Gasteiger partial charge in [0.15, 0.2) is 0 Å². The number of halogens is 2. The highest BCUT2D eigenvalue weighted by atomic mass is 35.5. The van der Waals surface area contributed by atoms with Gasteiger partial charge in [-0.2, -0.15) is 0 Å². The summed E-state index contributed by atoms with van der Waals surface area (Å²) >= 11 is 5.71. The molecular weight excluding hydrogens is 267 g/mol. The van der Waals surface area contributed by atoms with E-state index in [1.54, 1.807) is 30.3 Å². The summed E-state index contributed by atoms with van der Waals surface area (Å²) in [5.41, 5.74) is 0.751. The fourth-order valence-electron chi connectivity index (χ4n) is 1.82. The number of aliphatic hydroxyl groups excluding tert-OH is 1. The average molecular weight is 281 g/mol. The van der Waals surface area contributed by atoms with E-state index in [9.17, 15) is 9.50 Å². The molecular formula is C15H14ClFO2. The summed E-state index contributed by atoms with van der Waals surface area (Å²) in [6.45, 7) is 2.47. The minimum Gasteiger partial charge on any atom is -0.494 e. The molecule has 0 aliphatic rings. The number of ether oxygens (including phenoxy) is 1. The molecule has 19 heavy (non-hydrogen) atoms. The van der Waals surface area contributed by atoms with Crippen molar-refractivity contribution in [1.82, 2.24) is 0 Å². The van der Waals surface area contributed by atoms with E-state index in [1.807, 2.05) is 6.92 Å². The van der Waals surface area contributed by atoms with Crippen molar-refractivity contribution < 1.29 is 14.2 Å². The molecule has 0 aromatic heterocycles. The Hall–Kier alpha value is -1.58. The summed E-state index contributed by atoms with van der Waals surface area (Å²) in [6, 6.07) is 11.5. The maximum absolute atomic E-state index is 13.8. The highest BCUT2D eigenvalue weighted by Gasteiger charge is 2.16. The minimum atomic E-state index is -1.05. The molecule has 0 aliphatic carbocycles. The molecule has 0 heterocycles. The third-order valence-corrected chi connectivity index (χ3v) is 3.07. The standard InChI is InChI=1S/C15H14ClFO2/c1-2-19-11-8-6-10(7-9-11)15(18)12-4-3-5-13(16)14(12)17/h3-9,15,18H,2H2,1H3. The van der Waals surface area contributed by atoms with Gasteiger partial charge < -0.3 is 9.84 Å². The molecule has 1 unspecified atom stereocenters. The van der Waals surface area contributed by atoms with Crippen molar-refractivity contribution in [3.63, 3.8) is 0 Å². The van der Waals surface area contributed by atoms with Crippen LogP contribution in [0.15, 0.2) is 42.5 Å². The lowest BCUT2D eigenvalue weighted by Gasteiger charge is -2.13. The molecule has 0 bridgehead atoms. The monoisotopic (exact) mass is 280 g/mol. The molecule has 2 nitrogen and oxygen atoms in total. The molecule has 0 saturated carbocycles. The first kappa shape index (κ1) is 13.8. The second-order valence-electron chi connectivity index (χ2n) is 4.05. The molecule has 0 saturated heterocycles. The van der Waals surface area contributed by atoms with Crippen LogP contribution >= 0.6 is 11.6 Å². The molecule has 100 valence electrons. The molecule has 4 heteroatoms. The van der Waals surface area contributed by atoms with Crippen molar-refractivity contribution in [2.75, 3.05) is 6.61 Å². The van der Waals surface area contributed by atoms with E-state index in [-0.39, 0.29) is 10.6 Å². The number of hydrogen-bond acceptors (Lipinski definition) is 2. The third kappa shape index (κ3) is 3.06. The van der Waals surface area contributed by atoms with Gasteiger partial charge in [0, 0.05) is 5.56 Å². The van der Waals surface area contributed by atoms with Crippen LogP contribution in [0.1, 0.15) is 24.2 Å². The Balaban J connectivity index is 2.28. The van der Waals surface area contributed by atoms with Crippen molar-refractivity contribution in [1.29, 1.82) is 0 Å². The lowest BCUT2D eigenvalue weighted by atomic mass is 10.0. The smallest absolute Gasteiger partial charge is 0.147 e. The van der Waals surface area contributed by atoms with Gasteiger partial charge >= 0.3 is 0 Å². The van der Waals surface area contributed by atoms with Crippen molar-refractivity contribution in [3.8, 4) is 5.75 Å². The van der Waals surface area contributed by atoms with Gasteiger partial charge in [-0.1, -0.05) is 35.9 Å². The summed E-state index contributed by atoms with van der Waals surface area (Å²) in [5.74, 6) is 0.121. The lowest BCUT2D eigenvalue weighted by Crippen LogP contribution is -2.03. The summed E-state index contributed by atoms with van der Waals surface area (Å²) in [4.78, 5) is 0. The first-order valence-corrected chi connectivity index (χ1v) is 6.36. The third-order valence-electron chi connectivity index (χ3n) is 2.78. The highest BCUT2D eigenvalue weighted by molar-refractivity contribution is 6.30. The van der Waals surface area contributed by atoms with Crippen LogP contribution in [0.2, 0.25) is 5.02 Å². The molecule has 0 aliphatic heterocycles. The fraction of sp³-hybridized carbons (Fsp3) is 0.200. The van der Waals surface area contributed by atoms with E-state index >= 15 is 0 Å². The topological polar surface area (TPSA) is 29.5 Å². The molecule has 0 radical (unpaired) electrons. The van der Waals surface area contributed by atoms with E-state index in [0.717, 1.165) is 0 Å². The zero-order valence-corrected chi connectivity index (χ0v) is 11.2. The highest BCUT2D eigenvalue weighted by Crippen LogP contribution is 2.28. The Morgan fingerprint density at radius 1 is 1.21 bits per heavy atom. The molecule has 0 spiro atoms. The average Bonchev–Trinajstić information content (AvgIpc) is 2.42. The predicted molar refractivity (Wildman–Crippen MR) is 73.1 cm³/mol. The van der Waals surface area contributed by atoms with Gasteiger partial charge in [-0.25, -0.2) is 4.39 Å². The van der Waals surface area contributed by atoms with E-state index in [2.05, 4.69) is 0 Å². The summed E-state index contributed by atoms with van der Waals surface area (Å²) in [7, 11) is 0. The molecule has 1 atom stereocenters. The van der Waals surface area contributed by atoms with Crippen LogP contribution in [0.25, 0.3) is 0 Å². The second kappa shape index (κ2) is 6.04. The van der Waals surface area contributed by atoms with Crippen LogP contribution in [-0.4, -0.2) is 11.7 Å². The first-order valence-electron chi connectivity index (χ1n) is 5.98. The molecule has 2 rings (SSSR count). The van der Waals surface area contributed by atoms with Crippen LogP contribution in [0, 0.1) is 5.82 Å². The van der Waals surface area contributed by atoms with Crippen LogP contribution < -0.4 is 4.74 Å². The van der Waals surface area contributed by atoms with Gasteiger partial charge in [0.1, 0.15) is 17.7 Å². The number of benzene rings is 2. The maximum atomic E-state index is 13.8. The predicted octanol–water partition coefficient (Wildman–Crippen LogP) is 3.96. The number of rotatable bonds is 4. The molecule has 2 aromatic carbocycles. The zero-order chi connectivity index (χ0) is 13.8. The molecule has 2 aromatic rings. The SMILES string of the molecule is CCOc1ccc(C(O)c2cccc(Cl)c2F)cc1. The van der Waals surface area contributed by atoms with Gasteiger partial charge in [-0.05, 0) is 30.7 Å². The van der Waals surface area contributed by atoms with Crippen molar-refractivity contribution in [3.05, 3.63) is 64.4 Å². The minimum absolute atomic E-state index is 0.00230. The van der Waals surface area contributed by atoms with Gasteiger partial charge in [-0.3, -0.25) is 0 Å². The summed E-state index contributed by atoms with van der Waals surface area (Å²) in [6.07, 6.45) is -1.05. The first-order chi connectivity index (χ1) is 9.13. The van der Waals surface area contributed by atoms with Crippen LogP contribution in [0.4, 0.5) is 4.39 Å². The maximum Gasteiger partial charge on any atom is 0.147 e. The number of aliphatic hydroxyl groups is 1. The van der Waals surface area contributed by atoms with Gasteiger partial charge in [0.25, 0.3) is 0 Å². The Bertz CT molecular complexity index is 555.